The molecule has 0 heterocycles. The number of nitrogens with one attached hydrogen (secondary N) is 1. The summed E-state index contributed by atoms with van der Waals surface area (Å²) >= 11 is 0. The van der Waals surface area contributed by atoms with Crippen LogP contribution in [0.15, 0.2) is 24.3 Å². The van der Waals surface area contributed by atoms with Gasteiger partial charge in [0.05, 0.1) is 6.61 Å². The first-order chi connectivity index (χ1) is 10.5. The number of anilines is 1. The van der Waals surface area contributed by atoms with Crippen LogP contribution in [-0.2, 0) is 19.4 Å². The quantitative estimate of drug-likeness (QED) is 0.695. The van der Waals surface area contributed by atoms with Crippen LogP contribution in [0.4, 0.5) is 5.69 Å². The molecule has 0 unspecified atom stereocenters. The molecular formula is C15H21NO6S. The van der Waals surface area contributed by atoms with E-state index in [1.807, 2.05) is 0 Å². The lowest BCUT2D eigenvalue weighted by Crippen LogP contribution is -2.43. The van der Waals surface area contributed by atoms with E-state index in [0.717, 1.165) is 6.26 Å². The first-order valence-electron chi connectivity index (χ1n) is 7.00. The van der Waals surface area contributed by atoms with Crippen LogP contribution >= 0.6 is 0 Å². The maximum atomic E-state index is 12.1. The Morgan fingerprint density at radius 1 is 1.22 bits per heavy atom. The zero-order valence-corrected chi connectivity index (χ0v) is 14.1. The Hall–Kier alpha value is -2.09. The average Bonchev–Trinajstić information content (AvgIpc) is 2.43. The van der Waals surface area contributed by atoms with E-state index in [0.29, 0.717) is 17.9 Å². The van der Waals surface area contributed by atoms with Crippen molar-refractivity contribution in [3.8, 4) is 5.75 Å². The maximum absolute atomic E-state index is 12.1. The Kier molecular flexibility index (Phi) is 6.14. The van der Waals surface area contributed by atoms with Gasteiger partial charge in [-0.25, -0.2) is 8.42 Å². The summed E-state index contributed by atoms with van der Waals surface area (Å²) in [5, 5.41) is 11.1. The second-order valence-electron chi connectivity index (χ2n) is 5.61. The van der Waals surface area contributed by atoms with Crippen LogP contribution in [-0.4, -0.2) is 43.0 Å². The highest BCUT2D eigenvalue weighted by molar-refractivity contribution is 7.92. The van der Waals surface area contributed by atoms with Crippen LogP contribution in [0, 0.1) is 0 Å². The van der Waals surface area contributed by atoms with Gasteiger partial charge in [-0.3, -0.25) is 9.59 Å². The molecule has 128 valence electrons. The summed E-state index contributed by atoms with van der Waals surface area (Å²) in [7, 11) is -3.54. The zero-order valence-electron chi connectivity index (χ0n) is 13.3. The van der Waals surface area contributed by atoms with Gasteiger partial charge in [0.2, 0.25) is 5.91 Å². The number of rotatable bonds is 8. The second-order valence-corrected chi connectivity index (χ2v) is 8.17. The third-order valence-corrected chi connectivity index (χ3v) is 5.43. The van der Waals surface area contributed by atoms with Crippen molar-refractivity contribution in [3.63, 3.8) is 0 Å². The van der Waals surface area contributed by atoms with Crippen molar-refractivity contribution in [1.82, 2.24) is 0 Å². The molecule has 0 aliphatic heterocycles. The lowest BCUT2D eigenvalue weighted by Gasteiger charge is -2.21. The summed E-state index contributed by atoms with van der Waals surface area (Å²) in [4.78, 5) is 22.4. The Bertz CT molecular complexity index is 664. The molecule has 1 rings (SSSR count). The lowest BCUT2D eigenvalue weighted by atomic mass is 10.2. The van der Waals surface area contributed by atoms with E-state index in [2.05, 4.69) is 5.32 Å². The minimum absolute atomic E-state index is 0.0364. The molecule has 0 radical (unpaired) electrons. The van der Waals surface area contributed by atoms with Gasteiger partial charge in [-0.1, -0.05) is 0 Å². The number of ether oxygens (including phenoxy) is 1. The van der Waals surface area contributed by atoms with Gasteiger partial charge in [0.1, 0.15) is 10.5 Å². The highest BCUT2D eigenvalue weighted by atomic mass is 32.2. The first-order valence-corrected chi connectivity index (χ1v) is 8.89. The molecule has 0 aromatic heterocycles. The van der Waals surface area contributed by atoms with Crippen LogP contribution in [0.2, 0.25) is 0 Å². The van der Waals surface area contributed by atoms with Crippen LogP contribution in [0.25, 0.3) is 0 Å². The molecule has 0 saturated heterocycles. The Morgan fingerprint density at radius 2 is 1.78 bits per heavy atom. The number of hydrogen-bond donors (Lipinski definition) is 2. The van der Waals surface area contributed by atoms with Crippen molar-refractivity contribution < 1.29 is 27.9 Å². The number of carbonyl (C=O) groups excluding carboxylic acids is 1. The van der Waals surface area contributed by atoms with E-state index >= 15 is 0 Å². The van der Waals surface area contributed by atoms with Gasteiger partial charge in [-0.2, -0.15) is 0 Å². The largest absolute Gasteiger partial charge is 0.494 e. The molecule has 7 nitrogen and oxygen atoms in total. The topological polar surface area (TPSA) is 110 Å². The summed E-state index contributed by atoms with van der Waals surface area (Å²) in [6.07, 6.45) is 1.45. The van der Waals surface area contributed by atoms with E-state index in [4.69, 9.17) is 9.84 Å². The van der Waals surface area contributed by atoms with Crippen LogP contribution in [0.1, 0.15) is 26.7 Å². The Balaban J connectivity index is 2.61. The highest BCUT2D eigenvalue weighted by Gasteiger charge is 2.38. The van der Waals surface area contributed by atoms with Gasteiger partial charge in [-0.05, 0) is 44.5 Å². The lowest BCUT2D eigenvalue weighted by molar-refractivity contribution is -0.137. The van der Waals surface area contributed by atoms with E-state index in [-0.39, 0.29) is 13.0 Å². The van der Waals surface area contributed by atoms with Crippen molar-refractivity contribution in [2.75, 3.05) is 18.2 Å². The number of amides is 1. The first kappa shape index (κ1) is 19.0. The number of benzene rings is 1. The van der Waals surface area contributed by atoms with Crippen LogP contribution < -0.4 is 10.1 Å². The summed E-state index contributed by atoms with van der Waals surface area (Å²) in [5.74, 6) is -0.953. The number of aliphatic carboxylic acids is 1. The molecule has 1 aromatic rings. The van der Waals surface area contributed by atoms with E-state index in [9.17, 15) is 18.0 Å². The summed E-state index contributed by atoms with van der Waals surface area (Å²) in [6.45, 7) is 2.97. The molecule has 8 heteroatoms. The van der Waals surface area contributed by atoms with E-state index in [1.165, 1.54) is 13.8 Å². The summed E-state index contributed by atoms with van der Waals surface area (Å²) in [5.41, 5.74) is 0.449. The van der Waals surface area contributed by atoms with Gasteiger partial charge in [-0.15, -0.1) is 0 Å². The molecule has 1 aromatic carbocycles. The van der Waals surface area contributed by atoms with Gasteiger partial charge in [0, 0.05) is 18.4 Å². The van der Waals surface area contributed by atoms with Crippen molar-refractivity contribution in [2.45, 2.75) is 31.4 Å². The van der Waals surface area contributed by atoms with Crippen molar-refractivity contribution in [2.24, 2.45) is 0 Å². The molecule has 0 saturated carbocycles. The molecule has 23 heavy (non-hydrogen) atoms. The maximum Gasteiger partial charge on any atom is 0.303 e. The molecule has 0 spiro atoms. The predicted octanol–water partition coefficient (Wildman–Crippen LogP) is 1.69. The Labute approximate surface area is 135 Å². The number of sulfone groups is 1. The zero-order chi connectivity index (χ0) is 17.7. The third kappa shape index (κ3) is 5.55. The second kappa shape index (κ2) is 7.45. The van der Waals surface area contributed by atoms with Crippen molar-refractivity contribution in [1.29, 1.82) is 0 Å². The number of carbonyl (C=O) groups is 2. The van der Waals surface area contributed by atoms with Crippen molar-refractivity contribution in [3.05, 3.63) is 24.3 Å². The summed E-state index contributed by atoms with van der Waals surface area (Å²) < 4.78 is 27.1. The standard InChI is InChI=1S/C15H21NO6S/c1-15(2,23(3,20)21)14(19)16-11-6-8-12(9-7-11)22-10-4-5-13(17)18/h6-9H,4-5,10H2,1-3H3,(H,16,19)(H,17,18). The summed E-state index contributed by atoms with van der Waals surface area (Å²) in [6, 6.07) is 6.40. The molecule has 1 amide bonds. The van der Waals surface area contributed by atoms with E-state index < -0.39 is 26.5 Å². The van der Waals surface area contributed by atoms with Gasteiger partial charge >= 0.3 is 5.97 Å². The minimum atomic E-state index is -3.54. The number of carboxylic acid groups (broad SMARTS) is 1. The monoisotopic (exact) mass is 343 g/mol. The van der Waals surface area contributed by atoms with Crippen molar-refractivity contribution >= 4 is 27.4 Å². The fourth-order valence-electron chi connectivity index (χ4n) is 1.50. The van der Waals surface area contributed by atoms with Gasteiger partial charge in [0.15, 0.2) is 9.84 Å². The number of carboxylic acids is 1. The highest BCUT2D eigenvalue weighted by Crippen LogP contribution is 2.20. The minimum Gasteiger partial charge on any atom is -0.494 e. The predicted molar refractivity (Wildman–Crippen MR) is 86.4 cm³/mol. The average molecular weight is 343 g/mol. The fourth-order valence-corrected chi connectivity index (χ4v) is 1.89. The molecule has 0 aliphatic rings. The van der Waals surface area contributed by atoms with Gasteiger partial charge < -0.3 is 15.2 Å². The fraction of sp³-hybridized carbons (Fsp3) is 0.467. The van der Waals surface area contributed by atoms with Crippen LogP contribution in [0.3, 0.4) is 0 Å². The van der Waals surface area contributed by atoms with Crippen LogP contribution in [0.5, 0.6) is 5.75 Å². The SMILES string of the molecule is CC(C)(C(=O)Nc1ccc(OCCCC(=O)O)cc1)S(C)(=O)=O. The third-order valence-electron chi connectivity index (χ3n) is 3.39. The molecular weight excluding hydrogens is 322 g/mol. The van der Waals surface area contributed by atoms with E-state index in [1.54, 1.807) is 24.3 Å². The normalized spacial score (nSPS) is 11.8. The molecule has 0 atom stereocenters. The molecule has 0 fully saturated rings. The number of hydrogen-bond acceptors (Lipinski definition) is 5. The molecule has 0 aliphatic carbocycles. The smallest absolute Gasteiger partial charge is 0.303 e. The molecule has 0 bridgehead atoms. The molecule has 2 N–H and O–H groups in total. The van der Waals surface area contributed by atoms with Gasteiger partial charge in [0.25, 0.3) is 0 Å². The Morgan fingerprint density at radius 3 is 2.26 bits per heavy atom.